The van der Waals surface area contributed by atoms with E-state index in [4.69, 9.17) is 9.47 Å². The summed E-state index contributed by atoms with van der Waals surface area (Å²) in [5, 5.41) is 27.0. The standard InChI is InChI=1S/C26H30N8O3S2/c1-15(10-18-12-20(36-2)6-8-27-18)29-25-33-31-23(38-25)16-4-5-17(11-16)24-32-34-26(39-24)30-22(35)14-19-13-21(37-3)7-9-28-19/h6-9,12-13,15-17H,4-5,10-11,14H2,1-3H3,(H,29,33)(H,30,34,35)/t15?,16-,17-/m0/s1. The van der Waals surface area contributed by atoms with E-state index in [9.17, 15) is 4.79 Å². The summed E-state index contributed by atoms with van der Waals surface area (Å²) in [5.74, 6) is 1.90. The van der Waals surface area contributed by atoms with Crippen LogP contribution in [-0.2, 0) is 17.6 Å². The van der Waals surface area contributed by atoms with Crippen molar-refractivity contribution < 1.29 is 14.3 Å². The topological polar surface area (TPSA) is 137 Å². The summed E-state index contributed by atoms with van der Waals surface area (Å²) in [5.41, 5.74) is 1.59. The fourth-order valence-corrected chi connectivity index (χ4v) is 6.53. The van der Waals surface area contributed by atoms with Crippen molar-refractivity contribution in [3.05, 3.63) is 58.1 Å². The first-order chi connectivity index (χ1) is 19.0. The minimum atomic E-state index is -0.187. The first kappa shape index (κ1) is 26.9. The second-order valence-corrected chi connectivity index (χ2v) is 11.5. The highest BCUT2D eigenvalue weighted by Crippen LogP contribution is 2.45. The van der Waals surface area contributed by atoms with Gasteiger partial charge in [0.05, 0.1) is 26.3 Å². The number of anilines is 2. The van der Waals surface area contributed by atoms with Crippen LogP contribution in [0, 0.1) is 0 Å². The van der Waals surface area contributed by atoms with Crippen LogP contribution in [0.2, 0.25) is 0 Å². The van der Waals surface area contributed by atoms with E-state index in [2.05, 4.69) is 47.9 Å². The average Bonchev–Trinajstić information content (AvgIpc) is 3.70. The molecule has 13 heteroatoms. The van der Waals surface area contributed by atoms with E-state index in [1.807, 2.05) is 12.1 Å². The molecular formula is C26H30N8O3S2. The molecule has 1 aliphatic carbocycles. The molecule has 4 aromatic rings. The molecule has 1 unspecified atom stereocenters. The summed E-state index contributed by atoms with van der Waals surface area (Å²) in [6.45, 7) is 2.10. The number of hydrogen-bond acceptors (Lipinski definition) is 12. The number of hydrogen-bond donors (Lipinski definition) is 2. The Bertz CT molecular complexity index is 1410. The van der Waals surface area contributed by atoms with Crippen molar-refractivity contribution in [1.82, 2.24) is 30.4 Å². The lowest BCUT2D eigenvalue weighted by Gasteiger charge is -2.12. The zero-order valence-corrected chi connectivity index (χ0v) is 23.6. The number of amides is 1. The van der Waals surface area contributed by atoms with Gasteiger partial charge in [-0.25, -0.2) is 0 Å². The zero-order valence-electron chi connectivity index (χ0n) is 22.0. The first-order valence-corrected chi connectivity index (χ1v) is 14.3. The smallest absolute Gasteiger partial charge is 0.232 e. The summed E-state index contributed by atoms with van der Waals surface area (Å²) >= 11 is 3.04. The third kappa shape index (κ3) is 7.03. The monoisotopic (exact) mass is 566 g/mol. The molecule has 2 N–H and O–H groups in total. The van der Waals surface area contributed by atoms with Gasteiger partial charge >= 0.3 is 0 Å². The van der Waals surface area contributed by atoms with Crippen molar-refractivity contribution in [1.29, 1.82) is 0 Å². The van der Waals surface area contributed by atoms with Crippen LogP contribution in [0.25, 0.3) is 0 Å². The lowest BCUT2D eigenvalue weighted by Crippen LogP contribution is -2.18. The fourth-order valence-electron chi connectivity index (χ4n) is 4.62. The molecule has 39 heavy (non-hydrogen) atoms. The summed E-state index contributed by atoms with van der Waals surface area (Å²) in [4.78, 5) is 21.1. The summed E-state index contributed by atoms with van der Waals surface area (Å²) in [7, 11) is 3.24. The van der Waals surface area contributed by atoms with Crippen molar-refractivity contribution in [3.63, 3.8) is 0 Å². The molecular weight excluding hydrogens is 536 g/mol. The number of carbonyl (C=O) groups is 1. The number of carbonyl (C=O) groups excluding carboxylic acids is 1. The van der Waals surface area contributed by atoms with Gasteiger partial charge in [-0.15, -0.1) is 20.4 Å². The van der Waals surface area contributed by atoms with E-state index < -0.39 is 0 Å². The Hall–Kier alpha value is -3.71. The lowest BCUT2D eigenvalue weighted by atomic mass is 10.1. The highest BCUT2D eigenvalue weighted by molar-refractivity contribution is 7.15. The minimum Gasteiger partial charge on any atom is -0.497 e. The van der Waals surface area contributed by atoms with Gasteiger partial charge in [0.1, 0.15) is 21.5 Å². The van der Waals surface area contributed by atoms with Gasteiger partial charge in [-0.05, 0) is 38.3 Å². The van der Waals surface area contributed by atoms with Gasteiger partial charge in [-0.2, -0.15) is 0 Å². The Labute approximate surface area is 234 Å². The van der Waals surface area contributed by atoms with E-state index in [0.29, 0.717) is 22.5 Å². The number of pyridine rings is 2. The summed E-state index contributed by atoms with van der Waals surface area (Å²) < 4.78 is 10.5. The molecule has 1 fully saturated rings. The highest BCUT2D eigenvalue weighted by Gasteiger charge is 2.32. The fraction of sp³-hybridized carbons (Fsp3) is 0.423. The predicted molar refractivity (Wildman–Crippen MR) is 150 cm³/mol. The number of rotatable bonds is 11. The van der Waals surface area contributed by atoms with E-state index in [0.717, 1.165) is 52.3 Å². The van der Waals surface area contributed by atoms with Crippen molar-refractivity contribution in [2.45, 2.75) is 56.9 Å². The maximum atomic E-state index is 12.5. The molecule has 0 spiro atoms. The van der Waals surface area contributed by atoms with Gasteiger partial charge in [0, 0.05) is 54.5 Å². The zero-order chi connectivity index (χ0) is 27.2. The molecule has 0 aromatic carbocycles. The molecule has 5 rings (SSSR count). The van der Waals surface area contributed by atoms with Crippen LogP contribution in [0.15, 0.2) is 36.7 Å². The number of ether oxygens (including phenoxy) is 2. The molecule has 11 nitrogen and oxygen atoms in total. The molecule has 4 heterocycles. The van der Waals surface area contributed by atoms with Crippen LogP contribution in [0.4, 0.5) is 10.3 Å². The van der Waals surface area contributed by atoms with Crippen LogP contribution < -0.4 is 20.1 Å². The van der Waals surface area contributed by atoms with Crippen LogP contribution in [-0.4, -0.2) is 56.5 Å². The quantitative estimate of drug-likeness (QED) is 0.267. The Morgan fingerprint density at radius 2 is 1.51 bits per heavy atom. The molecule has 0 aliphatic heterocycles. The lowest BCUT2D eigenvalue weighted by molar-refractivity contribution is -0.115. The predicted octanol–water partition coefficient (Wildman–Crippen LogP) is 4.47. The van der Waals surface area contributed by atoms with Crippen LogP contribution in [0.5, 0.6) is 11.5 Å². The Balaban J connectivity index is 1.12. The normalized spacial score (nSPS) is 17.5. The van der Waals surface area contributed by atoms with Crippen LogP contribution >= 0.6 is 22.7 Å². The Morgan fingerprint density at radius 1 is 0.923 bits per heavy atom. The molecule has 3 atom stereocenters. The Kier molecular flexibility index (Phi) is 8.57. The molecule has 1 amide bonds. The van der Waals surface area contributed by atoms with E-state index >= 15 is 0 Å². The molecule has 204 valence electrons. The number of nitrogens with zero attached hydrogens (tertiary/aromatic N) is 6. The summed E-state index contributed by atoms with van der Waals surface area (Å²) in [6, 6.07) is 7.43. The largest absolute Gasteiger partial charge is 0.497 e. The van der Waals surface area contributed by atoms with Gasteiger partial charge in [-0.3, -0.25) is 14.8 Å². The van der Waals surface area contributed by atoms with E-state index in [1.54, 1.807) is 50.1 Å². The summed E-state index contributed by atoms with van der Waals surface area (Å²) in [6.07, 6.45) is 7.23. The maximum absolute atomic E-state index is 12.5. The van der Waals surface area contributed by atoms with E-state index in [1.165, 1.54) is 11.3 Å². The third-order valence-corrected chi connectivity index (χ3v) is 8.55. The van der Waals surface area contributed by atoms with Crippen LogP contribution in [0.3, 0.4) is 0 Å². The van der Waals surface area contributed by atoms with Crippen molar-refractivity contribution in [3.8, 4) is 11.5 Å². The number of methoxy groups -OCH3 is 2. The van der Waals surface area contributed by atoms with Gasteiger partial charge in [0.15, 0.2) is 0 Å². The molecule has 0 bridgehead atoms. The van der Waals surface area contributed by atoms with Crippen molar-refractivity contribution >= 4 is 38.8 Å². The number of aromatic nitrogens is 6. The third-order valence-electron chi connectivity index (χ3n) is 6.53. The van der Waals surface area contributed by atoms with Crippen molar-refractivity contribution in [2.75, 3.05) is 24.9 Å². The second kappa shape index (κ2) is 12.4. The minimum absolute atomic E-state index is 0.139. The van der Waals surface area contributed by atoms with Crippen molar-refractivity contribution in [2.24, 2.45) is 0 Å². The average molecular weight is 567 g/mol. The number of nitrogens with one attached hydrogen (secondary N) is 2. The van der Waals surface area contributed by atoms with Gasteiger partial charge < -0.3 is 20.1 Å². The van der Waals surface area contributed by atoms with Gasteiger partial charge in [-0.1, -0.05) is 22.7 Å². The van der Waals surface area contributed by atoms with Crippen LogP contribution in [0.1, 0.15) is 59.4 Å². The molecule has 4 aromatic heterocycles. The highest BCUT2D eigenvalue weighted by atomic mass is 32.1. The molecule has 0 saturated heterocycles. The molecule has 1 saturated carbocycles. The maximum Gasteiger partial charge on any atom is 0.232 e. The van der Waals surface area contributed by atoms with Gasteiger partial charge in [0.25, 0.3) is 0 Å². The Morgan fingerprint density at radius 3 is 2.18 bits per heavy atom. The van der Waals surface area contributed by atoms with E-state index in [-0.39, 0.29) is 24.3 Å². The SMILES string of the molecule is COc1ccnc(CC(=O)Nc2nnc([C@H]3CC[C@H](c4nnc(NC(C)Cc5cc(OC)ccn5)s4)C3)s2)c1. The first-order valence-electron chi connectivity index (χ1n) is 12.7. The van der Waals surface area contributed by atoms with Gasteiger partial charge in [0.2, 0.25) is 16.2 Å². The molecule has 0 radical (unpaired) electrons. The molecule has 1 aliphatic rings. The second-order valence-electron chi connectivity index (χ2n) is 9.45.